The minimum absolute atomic E-state index is 0.0310. The molecule has 6 heteroatoms. The summed E-state index contributed by atoms with van der Waals surface area (Å²) in [6.45, 7) is 5.50. The lowest BCUT2D eigenvalue weighted by molar-refractivity contribution is -0.136. The van der Waals surface area contributed by atoms with Gasteiger partial charge in [-0.15, -0.1) is 11.3 Å². The van der Waals surface area contributed by atoms with Crippen molar-refractivity contribution in [3.05, 3.63) is 40.7 Å². The summed E-state index contributed by atoms with van der Waals surface area (Å²) in [6.07, 6.45) is -0.0310. The molecule has 20 heavy (non-hydrogen) atoms. The molecule has 0 aromatic carbocycles. The van der Waals surface area contributed by atoms with E-state index in [2.05, 4.69) is 14.9 Å². The number of aromatic nitrogens is 2. The fraction of sp³-hybridized carbons (Fsp3) is 0.357. The van der Waals surface area contributed by atoms with E-state index in [-0.39, 0.29) is 6.42 Å². The van der Waals surface area contributed by atoms with Gasteiger partial charge >= 0.3 is 5.97 Å². The van der Waals surface area contributed by atoms with E-state index >= 15 is 0 Å². The molecule has 0 aliphatic carbocycles. The highest BCUT2D eigenvalue weighted by Gasteiger charge is 2.12. The predicted octanol–water partition coefficient (Wildman–Crippen LogP) is 2.50. The Labute approximate surface area is 121 Å². The lowest BCUT2D eigenvalue weighted by Crippen LogP contribution is -2.22. The zero-order valence-corrected chi connectivity index (χ0v) is 12.4. The van der Waals surface area contributed by atoms with Gasteiger partial charge in [-0.25, -0.2) is 4.98 Å². The van der Waals surface area contributed by atoms with Crippen molar-refractivity contribution in [3.63, 3.8) is 0 Å². The normalized spacial score (nSPS) is 10.5. The topological polar surface area (TPSA) is 66.3 Å². The quantitative estimate of drug-likeness (QED) is 0.885. The van der Waals surface area contributed by atoms with Gasteiger partial charge in [-0.1, -0.05) is 6.07 Å². The van der Waals surface area contributed by atoms with Gasteiger partial charge in [0, 0.05) is 17.6 Å². The van der Waals surface area contributed by atoms with Crippen LogP contribution in [0.1, 0.15) is 24.0 Å². The molecule has 5 nitrogen and oxygen atoms in total. The number of hydrogen-bond acceptors (Lipinski definition) is 5. The first kappa shape index (κ1) is 14.5. The van der Waals surface area contributed by atoms with E-state index in [1.165, 1.54) is 11.3 Å². The first-order valence-corrected chi connectivity index (χ1v) is 7.30. The predicted molar refractivity (Wildman–Crippen MR) is 79.2 cm³/mol. The largest absolute Gasteiger partial charge is 0.481 e. The maximum atomic E-state index is 10.7. The summed E-state index contributed by atoms with van der Waals surface area (Å²) in [4.78, 5) is 21.6. The van der Waals surface area contributed by atoms with Gasteiger partial charge in [0.2, 0.25) is 0 Å². The van der Waals surface area contributed by atoms with E-state index in [4.69, 9.17) is 5.11 Å². The summed E-state index contributed by atoms with van der Waals surface area (Å²) in [5, 5.41) is 11.4. The Kier molecular flexibility index (Phi) is 4.68. The van der Waals surface area contributed by atoms with E-state index in [0.717, 1.165) is 23.1 Å². The number of rotatable bonds is 6. The molecule has 1 N–H and O–H groups in total. The third kappa shape index (κ3) is 3.77. The molecule has 0 radical (unpaired) electrons. The number of carbonyl (C=O) groups is 1. The second-order valence-corrected chi connectivity index (χ2v) is 5.31. The lowest BCUT2D eigenvalue weighted by Gasteiger charge is -2.19. The Morgan fingerprint density at radius 1 is 1.35 bits per heavy atom. The van der Waals surface area contributed by atoms with E-state index in [9.17, 15) is 4.79 Å². The van der Waals surface area contributed by atoms with Gasteiger partial charge in [0.25, 0.3) is 0 Å². The number of aliphatic carboxylic acids is 1. The molecule has 2 aromatic rings. The number of hydrogen-bond donors (Lipinski definition) is 1. The third-order valence-corrected chi connectivity index (χ3v) is 3.77. The molecule has 0 spiro atoms. The van der Waals surface area contributed by atoms with Crippen LogP contribution in [0.2, 0.25) is 0 Å². The monoisotopic (exact) mass is 291 g/mol. The summed E-state index contributed by atoms with van der Waals surface area (Å²) in [6, 6.07) is 5.94. The zero-order chi connectivity index (χ0) is 14.5. The maximum absolute atomic E-state index is 10.7. The van der Waals surface area contributed by atoms with Crippen LogP contribution >= 0.6 is 11.3 Å². The molecule has 2 rings (SSSR count). The number of thiazole rings is 1. The SMILES string of the molecule is CCN(Cc1cccc(C)n1)c1nc(CC(=O)O)cs1. The average molecular weight is 291 g/mol. The lowest BCUT2D eigenvalue weighted by atomic mass is 10.3. The Balaban J connectivity index is 2.11. The van der Waals surface area contributed by atoms with Crippen molar-refractivity contribution in [2.45, 2.75) is 26.8 Å². The smallest absolute Gasteiger partial charge is 0.309 e. The molecule has 0 saturated heterocycles. The summed E-state index contributed by atoms with van der Waals surface area (Å²) >= 11 is 1.47. The minimum Gasteiger partial charge on any atom is -0.481 e. The van der Waals surface area contributed by atoms with Gasteiger partial charge in [-0.3, -0.25) is 9.78 Å². The second-order valence-electron chi connectivity index (χ2n) is 4.48. The molecule has 0 atom stereocenters. The Morgan fingerprint density at radius 3 is 2.80 bits per heavy atom. The molecule has 0 bridgehead atoms. The third-order valence-electron chi connectivity index (χ3n) is 2.82. The van der Waals surface area contributed by atoms with E-state index < -0.39 is 5.97 Å². The molecule has 0 aliphatic heterocycles. The van der Waals surface area contributed by atoms with Crippen LogP contribution in [0.5, 0.6) is 0 Å². The van der Waals surface area contributed by atoms with Crippen LogP contribution in [-0.4, -0.2) is 27.6 Å². The van der Waals surface area contributed by atoms with Gasteiger partial charge in [0.1, 0.15) is 0 Å². The van der Waals surface area contributed by atoms with E-state index in [1.807, 2.05) is 32.0 Å². The Bertz CT molecular complexity index is 598. The first-order chi connectivity index (χ1) is 9.58. The van der Waals surface area contributed by atoms with Gasteiger partial charge in [-0.05, 0) is 26.0 Å². The molecule has 106 valence electrons. The zero-order valence-electron chi connectivity index (χ0n) is 11.5. The summed E-state index contributed by atoms with van der Waals surface area (Å²) < 4.78 is 0. The van der Waals surface area contributed by atoms with Crippen LogP contribution in [0.3, 0.4) is 0 Å². The van der Waals surface area contributed by atoms with Gasteiger partial charge in [0.15, 0.2) is 5.13 Å². The van der Waals surface area contributed by atoms with Crippen molar-refractivity contribution in [1.82, 2.24) is 9.97 Å². The number of carboxylic acids is 1. The van der Waals surface area contributed by atoms with Gasteiger partial charge in [0.05, 0.1) is 24.4 Å². The summed E-state index contributed by atoms with van der Waals surface area (Å²) in [5.74, 6) is -0.856. The molecular formula is C14H17N3O2S. The number of nitrogens with zero attached hydrogens (tertiary/aromatic N) is 3. The van der Waals surface area contributed by atoms with Crippen molar-refractivity contribution < 1.29 is 9.90 Å². The molecule has 0 amide bonds. The molecular weight excluding hydrogens is 274 g/mol. The van der Waals surface area contributed by atoms with Crippen LogP contribution < -0.4 is 4.90 Å². The maximum Gasteiger partial charge on any atom is 0.309 e. The number of anilines is 1. The van der Waals surface area contributed by atoms with Crippen LogP contribution in [0.15, 0.2) is 23.6 Å². The van der Waals surface area contributed by atoms with Crippen molar-refractivity contribution in [2.24, 2.45) is 0 Å². The van der Waals surface area contributed by atoms with Crippen LogP contribution in [0.25, 0.3) is 0 Å². The molecule has 0 unspecified atom stereocenters. The van der Waals surface area contributed by atoms with Crippen LogP contribution in [-0.2, 0) is 17.8 Å². The molecule has 2 aromatic heterocycles. The standard InChI is InChI=1S/C14H17N3O2S/c1-3-17(8-11-6-4-5-10(2)15-11)14-16-12(9-20-14)7-13(18)19/h4-6,9H,3,7-8H2,1-2H3,(H,18,19). The molecule has 2 heterocycles. The fourth-order valence-corrected chi connectivity index (χ4v) is 2.77. The average Bonchev–Trinajstić information content (AvgIpc) is 2.83. The second kappa shape index (κ2) is 6.47. The summed E-state index contributed by atoms with van der Waals surface area (Å²) in [5.41, 5.74) is 2.58. The van der Waals surface area contributed by atoms with E-state index in [0.29, 0.717) is 12.2 Å². The van der Waals surface area contributed by atoms with Crippen molar-refractivity contribution in [3.8, 4) is 0 Å². The van der Waals surface area contributed by atoms with Crippen molar-refractivity contribution in [2.75, 3.05) is 11.4 Å². The van der Waals surface area contributed by atoms with Gasteiger partial charge < -0.3 is 10.0 Å². The highest BCUT2D eigenvalue weighted by Crippen LogP contribution is 2.22. The van der Waals surface area contributed by atoms with E-state index in [1.54, 1.807) is 5.38 Å². The fourth-order valence-electron chi connectivity index (χ4n) is 1.88. The number of pyridine rings is 1. The van der Waals surface area contributed by atoms with Crippen LogP contribution in [0.4, 0.5) is 5.13 Å². The van der Waals surface area contributed by atoms with Crippen molar-refractivity contribution in [1.29, 1.82) is 0 Å². The number of carboxylic acid groups (broad SMARTS) is 1. The Hall–Kier alpha value is -1.95. The highest BCUT2D eigenvalue weighted by molar-refractivity contribution is 7.13. The molecule has 0 saturated carbocycles. The van der Waals surface area contributed by atoms with Gasteiger partial charge in [-0.2, -0.15) is 0 Å². The number of aryl methyl sites for hydroxylation is 1. The Morgan fingerprint density at radius 2 is 2.15 bits per heavy atom. The van der Waals surface area contributed by atoms with Crippen molar-refractivity contribution >= 4 is 22.4 Å². The van der Waals surface area contributed by atoms with Crippen LogP contribution in [0, 0.1) is 6.92 Å². The first-order valence-electron chi connectivity index (χ1n) is 6.42. The summed E-state index contributed by atoms with van der Waals surface area (Å²) in [7, 11) is 0. The minimum atomic E-state index is -0.856. The molecule has 0 fully saturated rings. The highest BCUT2D eigenvalue weighted by atomic mass is 32.1. The molecule has 0 aliphatic rings.